The van der Waals surface area contributed by atoms with Crippen LogP contribution in [0.2, 0.25) is 0 Å². The van der Waals surface area contributed by atoms with Gasteiger partial charge in [-0.3, -0.25) is 19.3 Å². The van der Waals surface area contributed by atoms with Crippen LogP contribution in [0.5, 0.6) is 0 Å². The zero-order valence-corrected chi connectivity index (χ0v) is 19.7. The normalized spacial score (nSPS) is 11.2. The summed E-state index contributed by atoms with van der Waals surface area (Å²) in [6.45, 7) is 5.74. The van der Waals surface area contributed by atoms with Gasteiger partial charge < -0.3 is 4.57 Å². The predicted molar refractivity (Wildman–Crippen MR) is 123 cm³/mol. The molecule has 0 aliphatic rings. The maximum absolute atomic E-state index is 13.0. The van der Waals surface area contributed by atoms with E-state index in [0.717, 1.165) is 17.0 Å². The van der Waals surface area contributed by atoms with Gasteiger partial charge in [-0.15, -0.1) is 20.4 Å². The number of hydrogen-bond donors (Lipinski definition) is 1. The van der Waals surface area contributed by atoms with Gasteiger partial charge in [-0.1, -0.05) is 36.1 Å². The topological polar surface area (TPSA) is 120 Å². The summed E-state index contributed by atoms with van der Waals surface area (Å²) in [5.74, 6) is 0.590. The van der Waals surface area contributed by atoms with E-state index in [4.69, 9.17) is 0 Å². The molecule has 0 saturated carbocycles. The van der Waals surface area contributed by atoms with E-state index in [1.54, 1.807) is 15.2 Å². The second kappa shape index (κ2) is 9.17. The number of carbonyl (C=O) groups is 1. The van der Waals surface area contributed by atoms with Crippen LogP contribution in [0.15, 0.2) is 28.3 Å². The van der Waals surface area contributed by atoms with Gasteiger partial charge >= 0.3 is 0 Å². The quantitative estimate of drug-likeness (QED) is 0.408. The standard InChI is InChI=1S/C20H22N8O2S2/c1-5-16-24-25-19(32-16)22-15(29)10-31-20-26-23-14(27(20)4)9-13-12(3)21-17-11(2)7-6-8-28(17)18(13)30/h6-8H,5,9-10H2,1-4H3,(H,22,25,29). The maximum atomic E-state index is 13.0. The number of amides is 1. The van der Waals surface area contributed by atoms with E-state index in [0.29, 0.717) is 39.4 Å². The fraction of sp³-hybridized carbons (Fsp3) is 0.350. The van der Waals surface area contributed by atoms with E-state index in [2.05, 4.69) is 30.7 Å². The minimum Gasteiger partial charge on any atom is -0.309 e. The van der Waals surface area contributed by atoms with Gasteiger partial charge in [-0.05, 0) is 31.9 Å². The van der Waals surface area contributed by atoms with Crippen LogP contribution in [0.25, 0.3) is 5.65 Å². The largest absolute Gasteiger partial charge is 0.309 e. The van der Waals surface area contributed by atoms with Gasteiger partial charge in [0.25, 0.3) is 5.56 Å². The number of aromatic nitrogens is 7. The molecule has 0 fully saturated rings. The summed E-state index contributed by atoms with van der Waals surface area (Å²) in [5, 5.41) is 21.0. The van der Waals surface area contributed by atoms with Crippen LogP contribution in [0.4, 0.5) is 5.13 Å². The summed E-state index contributed by atoms with van der Waals surface area (Å²) in [5.41, 5.74) is 2.72. The SMILES string of the molecule is CCc1nnc(NC(=O)CSc2nnc(Cc3c(C)nc4c(C)cccn4c3=O)n2C)s1. The third kappa shape index (κ3) is 4.41. The molecule has 0 bridgehead atoms. The molecule has 12 heteroatoms. The Labute approximate surface area is 192 Å². The highest BCUT2D eigenvalue weighted by Gasteiger charge is 2.17. The molecular formula is C20H22N8O2S2. The number of pyridine rings is 1. The predicted octanol–water partition coefficient (Wildman–Crippen LogP) is 2.18. The van der Waals surface area contributed by atoms with Crippen LogP contribution in [0, 0.1) is 13.8 Å². The second-order valence-electron chi connectivity index (χ2n) is 7.19. The lowest BCUT2D eigenvalue weighted by Gasteiger charge is -2.09. The van der Waals surface area contributed by atoms with Crippen molar-refractivity contribution in [3.8, 4) is 0 Å². The van der Waals surface area contributed by atoms with Crippen molar-refractivity contribution < 1.29 is 4.79 Å². The number of rotatable bonds is 7. The highest BCUT2D eigenvalue weighted by Crippen LogP contribution is 2.20. The lowest BCUT2D eigenvalue weighted by atomic mass is 10.1. The number of nitrogens with one attached hydrogen (secondary N) is 1. The molecule has 0 aliphatic heterocycles. The molecular weight excluding hydrogens is 448 g/mol. The van der Waals surface area contributed by atoms with Gasteiger partial charge in [-0.25, -0.2) is 4.98 Å². The van der Waals surface area contributed by atoms with E-state index < -0.39 is 0 Å². The lowest BCUT2D eigenvalue weighted by molar-refractivity contribution is -0.113. The molecule has 0 aromatic carbocycles. The number of thioether (sulfide) groups is 1. The number of fused-ring (bicyclic) bond motifs is 1. The Balaban J connectivity index is 1.47. The molecule has 1 amide bonds. The molecule has 10 nitrogen and oxygen atoms in total. The summed E-state index contributed by atoms with van der Waals surface area (Å²) in [4.78, 5) is 29.9. The molecule has 0 saturated heterocycles. The van der Waals surface area contributed by atoms with Crippen molar-refractivity contribution in [3.63, 3.8) is 0 Å². The Morgan fingerprint density at radius 1 is 1.22 bits per heavy atom. The van der Waals surface area contributed by atoms with Gasteiger partial charge in [0, 0.05) is 30.9 Å². The van der Waals surface area contributed by atoms with Crippen molar-refractivity contribution in [1.29, 1.82) is 0 Å². The fourth-order valence-corrected chi connectivity index (χ4v) is 4.59. The van der Waals surface area contributed by atoms with E-state index >= 15 is 0 Å². The molecule has 0 spiro atoms. The van der Waals surface area contributed by atoms with Gasteiger partial charge in [-0.2, -0.15) is 0 Å². The number of carbonyl (C=O) groups excluding carboxylic acids is 1. The first-order valence-electron chi connectivity index (χ1n) is 9.98. The first-order valence-corrected chi connectivity index (χ1v) is 11.8. The molecule has 4 aromatic rings. The smallest absolute Gasteiger partial charge is 0.261 e. The Bertz CT molecular complexity index is 1360. The number of anilines is 1. The van der Waals surface area contributed by atoms with Crippen molar-refractivity contribution in [1.82, 2.24) is 34.3 Å². The minimum absolute atomic E-state index is 0.115. The summed E-state index contributed by atoms with van der Waals surface area (Å²) in [6.07, 6.45) is 2.80. The molecule has 0 atom stereocenters. The van der Waals surface area contributed by atoms with Gasteiger partial charge in [0.2, 0.25) is 11.0 Å². The van der Waals surface area contributed by atoms with E-state index in [1.165, 1.54) is 23.1 Å². The Kier molecular flexibility index (Phi) is 6.33. The molecule has 4 rings (SSSR count). The van der Waals surface area contributed by atoms with E-state index in [1.807, 2.05) is 40.0 Å². The van der Waals surface area contributed by atoms with Crippen molar-refractivity contribution in [2.75, 3.05) is 11.1 Å². The van der Waals surface area contributed by atoms with Gasteiger partial charge in [0.05, 0.1) is 5.75 Å². The molecule has 4 heterocycles. The third-order valence-electron chi connectivity index (χ3n) is 4.96. The highest BCUT2D eigenvalue weighted by molar-refractivity contribution is 7.99. The van der Waals surface area contributed by atoms with Crippen LogP contribution in [0.1, 0.15) is 34.6 Å². The van der Waals surface area contributed by atoms with Crippen LogP contribution in [0.3, 0.4) is 0 Å². The summed E-state index contributed by atoms with van der Waals surface area (Å²) < 4.78 is 3.35. The summed E-state index contributed by atoms with van der Waals surface area (Å²) >= 11 is 2.63. The van der Waals surface area contributed by atoms with Crippen molar-refractivity contribution in [2.45, 2.75) is 38.8 Å². The molecule has 32 heavy (non-hydrogen) atoms. The molecule has 0 unspecified atom stereocenters. The average molecular weight is 471 g/mol. The number of hydrogen-bond acceptors (Lipinski definition) is 9. The van der Waals surface area contributed by atoms with E-state index in [9.17, 15) is 9.59 Å². The Morgan fingerprint density at radius 2 is 2.03 bits per heavy atom. The number of aryl methyl sites for hydroxylation is 3. The molecule has 166 valence electrons. The first kappa shape index (κ1) is 22.1. The fourth-order valence-electron chi connectivity index (χ4n) is 3.16. The Morgan fingerprint density at radius 3 is 2.78 bits per heavy atom. The first-order chi connectivity index (χ1) is 15.4. The third-order valence-corrected chi connectivity index (χ3v) is 6.96. The molecule has 4 aromatic heterocycles. The van der Waals surface area contributed by atoms with Gasteiger partial charge in [0.15, 0.2) is 5.16 Å². The highest BCUT2D eigenvalue weighted by atomic mass is 32.2. The maximum Gasteiger partial charge on any atom is 0.261 e. The molecule has 1 N–H and O–H groups in total. The average Bonchev–Trinajstić information content (AvgIpc) is 3.36. The lowest BCUT2D eigenvalue weighted by Crippen LogP contribution is -2.23. The summed E-state index contributed by atoms with van der Waals surface area (Å²) in [6, 6.07) is 3.76. The van der Waals surface area contributed by atoms with Crippen LogP contribution in [-0.4, -0.2) is 46.0 Å². The monoisotopic (exact) mass is 470 g/mol. The van der Waals surface area contributed by atoms with Crippen LogP contribution < -0.4 is 10.9 Å². The summed E-state index contributed by atoms with van der Waals surface area (Å²) in [7, 11) is 1.82. The molecule has 0 aliphatic carbocycles. The second-order valence-corrected chi connectivity index (χ2v) is 9.20. The Hall–Kier alpha value is -3.12. The van der Waals surface area contributed by atoms with Gasteiger partial charge in [0.1, 0.15) is 16.5 Å². The van der Waals surface area contributed by atoms with Crippen LogP contribution in [-0.2, 0) is 24.7 Å². The zero-order valence-electron chi connectivity index (χ0n) is 18.1. The molecule has 0 radical (unpaired) electrons. The van der Waals surface area contributed by atoms with E-state index in [-0.39, 0.29) is 17.2 Å². The van der Waals surface area contributed by atoms with Crippen molar-refractivity contribution >= 4 is 39.8 Å². The van der Waals surface area contributed by atoms with Crippen LogP contribution >= 0.6 is 23.1 Å². The van der Waals surface area contributed by atoms with Crippen molar-refractivity contribution in [2.24, 2.45) is 7.05 Å². The minimum atomic E-state index is -0.193. The number of nitrogens with zero attached hydrogens (tertiary/aromatic N) is 7. The zero-order chi connectivity index (χ0) is 22.8. The van der Waals surface area contributed by atoms with Crippen molar-refractivity contribution in [3.05, 3.63) is 56.3 Å².